The van der Waals surface area contributed by atoms with Crippen LogP contribution in [-0.4, -0.2) is 43.4 Å². The first-order valence-electron chi connectivity index (χ1n) is 11.7. The zero-order valence-electron chi connectivity index (χ0n) is 18.9. The third-order valence-electron chi connectivity index (χ3n) is 6.79. The Balaban J connectivity index is 1.46. The van der Waals surface area contributed by atoms with Crippen LogP contribution in [0.15, 0.2) is 41.2 Å². The number of hydrogen-bond donors (Lipinski definition) is 1. The third kappa shape index (κ3) is 3.86. The molecule has 2 aromatic heterocycles. The predicted molar refractivity (Wildman–Crippen MR) is 123 cm³/mol. The lowest BCUT2D eigenvalue weighted by Crippen LogP contribution is -2.41. The van der Waals surface area contributed by atoms with E-state index >= 15 is 0 Å². The number of rotatable bonds is 4. The van der Waals surface area contributed by atoms with Gasteiger partial charge in [-0.25, -0.2) is 9.50 Å². The van der Waals surface area contributed by atoms with Gasteiger partial charge in [0, 0.05) is 31.5 Å². The van der Waals surface area contributed by atoms with Crippen LogP contribution >= 0.6 is 0 Å². The van der Waals surface area contributed by atoms with Gasteiger partial charge in [-0.2, -0.15) is 0 Å². The number of aromatic amines is 1. The molecule has 0 aliphatic carbocycles. The molecule has 1 aromatic carbocycles. The summed E-state index contributed by atoms with van der Waals surface area (Å²) in [5.41, 5.74) is 4.42. The molecule has 1 amide bonds. The number of H-pyrrole nitrogens is 1. The van der Waals surface area contributed by atoms with Crippen molar-refractivity contribution in [3.8, 4) is 0 Å². The van der Waals surface area contributed by atoms with Crippen LogP contribution in [0, 0.1) is 5.92 Å². The monoisotopic (exact) mass is 433 g/mol. The van der Waals surface area contributed by atoms with Gasteiger partial charge in [-0.05, 0) is 24.9 Å². The van der Waals surface area contributed by atoms with Crippen molar-refractivity contribution in [2.24, 2.45) is 5.92 Å². The first kappa shape index (κ1) is 20.9. The third-order valence-corrected chi connectivity index (χ3v) is 6.79. The highest BCUT2D eigenvalue weighted by atomic mass is 16.2. The summed E-state index contributed by atoms with van der Waals surface area (Å²) < 4.78 is 1.58. The van der Waals surface area contributed by atoms with Crippen molar-refractivity contribution in [2.75, 3.05) is 13.1 Å². The SMILES string of the molecule is CC(C)C(=O)N1CCc2nc3cc(C4CCCCN4Cc4ccccc4)[nH]n3c(=O)c2C1. The van der Waals surface area contributed by atoms with Gasteiger partial charge in [0.1, 0.15) is 0 Å². The molecule has 7 nitrogen and oxygen atoms in total. The van der Waals surface area contributed by atoms with Gasteiger partial charge < -0.3 is 4.90 Å². The summed E-state index contributed by atoms with van der Waals surface area (Å²) in [5.74, 6) is 0.0149. The second-order valence-corrected chi connectivity index (χ2v) is 9.38. The number of nitrogens with zero attached hydrogens (tertiary/aromatic N) is 4. The van der Waals surface area contributed by atoms with E-state index in [1.807, 2.05) is 26.0 Å². The molecule has 4 heterocycles. The van der Waals surface area contributed by atoms with Gasteiger partial charge in [0.15, 0.2) is 5.65 Å². The van der Waals surface area contributed by atoms with Crippen LogP contribution in [0.3, 0.4) is 0 Å². The fourth-order valence-corrected chi connectivity index (χ4v) is 5.07. The molecule has 3 aromatic rings. The number of carbonyl (C=O) groups is 1. The zero-order chi connectivity index (χ0) is 22.2. The highest BCUT2D eigenvalue weighted by molar-refractivity contribution is 5.78. The van der Waals surface area contributed by atoms with Crippen LogP contribution in [0.2, 0.25) is 0 Å². The summed E-state index contributed by atoms with van der Waals surface area (Å²) in [5, 5.41) is 3.36. The molecule has 0 saturated carbocycles. The maximum Gasteiger partial charge on any atom is 0.277 e. The molecule has 0 spiro atoms. The minimum atomic E-state index is -0.0806. The van der Waals surface area contributed by atoms with Crippen LogP contribution in [0.5, 0.6) is 0 Å². The fraction of sp³-hybridized carbons (Fsp3) is 0.480. The quantitative estimate of drug-likeness (QED) is 0.685. The Kier molecular flexibility index (Phi) is 5.59. The van der Waals surface area contributed by atoms with Gasteiger partial charge in [0.05, 0.1) is 29.5 Å². The molecule has 7 heteroatoms. The number of hydrogen-bond acceptors (Lipinski definition) is 4. The van der Waals surface area contributed by atoms with Crippen molar-refractivity contribution in [1.82, 2.24) is 24.4 Å². The van der Waals surface area contributed by atoms with E-state index in [9.17, 15) is 9.59 Å². The molecule has 1 N–H and O–H groups in total. The molecule has 0 bridgehead atoms. The average Bonchev–Trinajstić information content (AvgIpc) is 3.24. The normalized spacial score (nSPS) is 19.5. The van der Waals surface area contributed by atoms with Crippen molar-refractivity contribution >= 4 is 11.6 Å². The maximum atomic E-state index is 13.3. The summed E-state index contributed by atoms with van der Waals surface area (Å²) in [6.45, 7) is 6.70. The molecule has 32 heavy (non-hydrogen) atoms. The van der Waals surface area contributed by atoms with E-state index in [2.05, 4.69) is 34.3 Å². The lowest BCUT2D eigenvalue weighted by atomic mass is 9.98. The summed E-state index contributed by atoms with van der Waals surface area (Å²) >= 11 is 0. The molecule has 1 fully saturated rings. The van der Waals surface area contributed by atoms with Gasteiger partial charge in [0.2, 0.25) is 5.91 Å². The highest BCUT2D eigenvalue weighted by Crippen LogP contribution is 2.32. The number of nitrogens with one attached hydrogen (secondary N) is 1. The Morgan fingerprint density at radius 3 is 2.78 bits per heavy atom. The molecule has 1 saturated heterocycles. The number of piperidine rings is 1. The summed E-state index contributed by atoms with van der Waals surface area (Å²) in [6, 6.07) is 12.8. The molecule has 2 aliphatic rings. The summed E-state index contributed by atoms with van der Waals surface area (Å²) in [4.78, 5) is 34.9. The molecule has 2 aliphatic heterocycles. The summed E-state index contributed by atoms with van der Waals surface area (Å²) in [7, 11) is 0. The highest BCUT2D eigenvalue weighted by Gasteiger charge is 2.29. The molecule has 0 radical (unpaired) electrons. The second-order valence-electron chi connectivity index (χ2n) is 9.38. The van der Waals surface area contributed by atoms with E-state index in [-0.39, 0.29) is 23.4 Å². The molecule has 1 unspecified atom stereocenters. The van der Waals surface area contributed by atoms with E-state index in [0.29, 0.717) is 30.7 Å². The second kappa shape index (κ2) is 8.54. The number of carbonyl (C=O) groups excluding carboxylic acids is 1. The van der Waals surface area contributed by atoms with Gasteiger partial charge in [-0.15, -0.1) is 0 Å². The van der Waals surface area contributed by atoms with Crippen molar-refractivity contribution < 1.29 is 4.79 Å². The van der Waals surface area contributed by atoms with Gasteiger partial charge in [-0.3, -0.25) is 19.6 Å². The zero-order valence-corrected chi connectivity index (χ0v) is 18.9. The predicted octanol–water partition coefficient (Wildman–Crippen LogP) is 3.29. The number of amides is 1. The Hall–Kier alpha value is -2.93. The van der Waals surface area contributed by atoms with Gasteiger partial charge in [-0.1, -0.05) is 50.6 Å². The molecule has 5 rings (SSSR count). The van der Waals surface area contributed by atoms with E-state index in [0.717, 1.165) is 30.9 Å². The minimum absolute atomic E-state index is 0.0741. The lowest BCUT2D eigenvalue weighted by molar-refractivity contribution is -0.135. The van der Waals surface area contributed by atoms with Crippen molar-refractivity contribution in [3.63, 3.8) is 0 Å². The molecule has 168 valence electrons. The van der Waals surface area contributed by atoms with Crippen molar-refractivity contribution in [3.05, 3.63) is 69.3 Å². The minimum Gasteiger partial charge on any atom is -0.337 e. The Morgan fingerprint density at radius 2 is 2.00 bits per heavy atom. The maximum absolute atomic E-state index is 13.3. The first-order chi connectivity index (χ1) is 15.5. The van der Waals surface area contributed by atoms with Crippen LogP contribution in [0.25, 0.3) is 5.65 Å². The van der Waals surface area contributed by atoms with Gasteiger partial charge in [0.25, 0.3) is 5.56 Å². The average molecular weight is 434 g/mol. The molecule has 1 atom stereocenters. The first-order valence-corrected chi connectivity index (χ1v) is 11.7. The topological polar surface area (TPSA) is 73.7 Å². The van der Waals surface area contributed by atoms with E-state index in [4.69, 9.17) is 4.98 Å². The number of fused-ring (bicyclic) bond motifs is 2. The smallest absolute Gasteiger partial charge is 0.277 e. The number of aromatic nitrogens is 3. The number of likely N-dealkylation sites (tertiary alicyclic amines) is 1. The Bertz CT molecular complexity index is 1180. The number of benzene rings is 1. The fourth-order valence-electron chi connectivity index (χ4n) is 5.07. The van der Waals surface area contributed by atoms with Crippen molar-refractivity contribution in [2.45, 2.75) is 58.7 Å². The van der Waals surface area contributed by atoms with Gasteiger partial charge >= 0.3 is 0 Å². The van der Waals surface area contributed by atoms with Crippen LogP contribution in [-0.2, 0) is 24.3 Å². The molecular formula is C25H31N5O2. The van der Waals surface area contributed by atoms with E-state index in [1.54, 1.807) is 9.42 Å². The Labute approximate surface area is 188 Å². The van der Waals surface area contributed by atoms with Crippen LogP contribution < -0.4 is 5.56 Å². The molecular weight excluding hydrogens is 402 g/mol. The lowest BCUT2D eigenvalue weighted by Gasteiger charge is -2.35. The Morgan fingerprint density at radius 1 is 1.19 bits per heavy atom. The van der Waals surface area contributed by atoms with Crippen LogP contribution in [0.1, 0.15) is 61.7 Å². The van der Waals surface area contributed by atoms with E-state index < -0.39 is 0 Å². The van der Waals surface area contributed by atoms with E-state index in [1.165, 1.54) is 18.4 Å². The van der Waals surface area contributed by atoms with Crippen LogP contribution in [0.4, 0.5) is 0 Å². The van der Waals surface area contributed by atoms with Crippen molar-refractivity contribution in [1.29, 1.82) is 0 Å². The largest absolute Gasteiger partial charge is 0.337 e. The summed E-state index contributed by atoms with van der Waals surface area (Å²) in [6.07, 6.45) is 4.06. The standard InChI is InChI=1S/C25H31N5O2/c1-17(2)24(31)29-13-11-20-19(16-29)25(32)30-23(26-20)14-21(27-30)22-10-6-7-12-28(22)15-18-8-4-3-5-9-18/h3-5,8-9,14,17,22,27H,6-7,10-13,15-16H2,1-2H3.